The second kappa shape index (κ2) is 4.54. The van der Waals surface area contributed by atoms with Crippen molar-refractivity contribution in [3.63, 3.8) is 0 Å². The summed E-state index contributed by atoms with van der Waals surface area (Å²) in [7, 11) is 0. The van der Waals surface area contributed by atoms with Gasteiger partial charge in [-0.2, -0.15) is 0 Å². The van der Waals surface area contributed by atoms with E-state index in [0.29, 0.717) is 18.9 Å². The normalized spacial score (nSPS) is 38.8. The van der Waals surface area contributed by atoms with Crippen LogP contribution < -0.4 is 0 Å². The van der Waals surface area contributed by atoms with Gasteiger partial charge in [0.25, 0.3) is 0 Å². The number of hydrogen-bond donors (Lipinski definition) is 0. The van der Waals surface area contributed by atoms with E-state index in [1.54, 1.807) is 0 Å². The summed E-state index contributed by atoms with van der Waals surface area (Å²) in [6, 6.07) is 10.3. The number of rotatable bonds is 2. The lowest BCUT2D eigenvalue weighted by Gasteiger charge is -2.40. The lowest BCUT2D eigenvalue weighted by molar-refractivity contribution is -0.153. The highest BCUT2D eigenvalue weighted by Crippen LogP contribution is 2.45. The molecular formula is C17H18O3. The molecule has 0 unspecified atom stereocenters. The summed E-state index contributed by atoms with van der Waals surface area (Å²) >= 11 is 0. The second-order valence-electron chi connectivity index (χ2n) is 5.97. The molecule has 3 nitrogen and oxygen atoms in total. The van der Waals surface area contributed by atoms with Crippen LogP contribution in [0.5, 0.6) is 0 Å². The molecule has 0 radical (unpaired) electrons. The fourth-order valence-electron chi connectivity index (χ4n) is 3.64. The molecule has 2 aliphatic heterocycles. The van der Waals surface area contributed by atoms with Gasteiger partial charge in [-0.05, 0) is 18.1 Å². The number of carbonyl (C=O) groups is 1. The quantitative estimate of drug-likeness (QED) is 0.774. The van der Waals surface area contributed by atoms with Crippen molar-refractivity contribution in [2.24, 2.45) is 5.92 Å². The molecule has 1 aromatic rings. The van der Waals surface area contributed by atoms with Gasteiger partial charge >= 0.3 is 0 Å². The van der Waals surface area contributed by atoms with Crippen molar-refractivity contribution in [2.45, 2.75) is 37.1 Å². The van der Waals surface area contributed by atoms with Crippen LogP contribution in [0.3, 0.4) is 0 Å². The van der Waals surface area contributed by atoms with Crippen molar-refractivity contribution < 1.29 is 14.3 Å². The van der Waals surface area contributed by atoms with Gasteiger partial charge in [0, 0.05) is 18.8 Å². The fourth-order valence-corrected chi connectivity index (χ4v) is 3.64. The number of ketones is 1. The second-order valence-corrected chi connectivity index (χ2v) is 5.97. The Morgan fingerprint density at radius 1 is 1.25 bits per heavy atom. The highest BCUT2D eigenvalue weighted by atomic mass is 16.6. The zero-order chi connectivity index (χ0) is 13.6. The summed E-state index contributed by atoms with van der Waals surface area (Å²) in [5, 5.41) is 0. The molecule has 4 rings (SSSR count). The lowest BCUT2D eigenvalue weighted by atomic mass is 9.75. The predicted octanol–water partition coefficient (Wildman–Crippen LogP) is 2.30. The first-order chi connectivity index (χ1) is 9.78. The smallest absolute Gasteiger partial charge is 0.171 e. The Kier molecular flexibility index (Phi) is 2.79. The molecule has 2 bridgehead atoms. The van der Waals surface area contributed by atoms with E-state index in [0.717, 1.165) is 12.8 Å². The van der Waals surface area contributed by atoms with Gasteiger partial charge < -0.3 is 9.47 Å². The summed E-state index contributed by atoms with van der Waals surface area (Å²) in [5.74, 6) is 0.557. The van der Waals surface area contributed by atoms with Crippen LogP contribution in [0.4, 0.5) is 0 Å². The summed E-state index contributed by atoms with van der Waals surface area (Å²) in [6.07, 6.45) is 6.32. The van der Waals surface area contributed by atoms with Crippen LogP contribution in [0, 0.1) is 5.92 Å². The number of Topliss-reactive ketones (excluding diaryl/α,β-unsaturated/α-hetero) is 1. The van der Waals surface area contributed by atoms with Crippen molar-refractivity contribution in [1.82, 2.24) is 0 Å². The van der Waals surface area contributed by atoms with Gasteiger partial charge in [-0.3, -0.25) is 4.79 Å². The van der Waals surface area contributed by atoms with Crippen molar-refractivity contribution in [2.75, 3.05) is 6.61 Å². The Bertz CT molecular complexity index is 551. The Labute approximate surface area is 118 Å². The standard InChI is InChI=1S/C17H18O3/c18-15-7-6-13-11-19-17(15)9-8-14(20-16(13)17)10-12-4-2-1-3-5-12/h1-5,8-9,13-14,16H,6-7,10-11H2/t13-,14+,16+,17-/m1/s1. The van der Waals surface area contributed by atoms with Crippen molar-refractivity contribution in [3.8, 4) is 0 Å². The molecule has 1 aromatic carbocycles. The van der Waals surface area contributed by atoms with Crippen LogP contribution in [-0.4, -0.2) is 30.2 Å². The largest absolute Gasteiger partial charge is 0.366 e. The molecule has 0 spiro atoms. The van der Waals surface area contributed by atoms with E-state index in [2.05, 4.69) is 12.1 Å². The van der Waals surface area contributed by atoms with Crippen LogP contribution >= 0.6 is 0 Å². The molecule has 0 aromatic heterocycles. The number of carbonyl (C=O) groups excluding carboxylic acids is 1. The van der Waals surface area contributed by atoms with Crippen molar-refractivity contribution in [3.05, 3.63) is 48.0 Å². The van der Waals surface area contributed by atoms with Gasteiger partial charge in [0.2, 0.25) is 0 Å². The van der Waals surface area contributed by atoms with Crippen molar-refractivity contribution in [1.29, 1.82) is 0 Å². The van der Waals surface area contributed by atoms with Crippen LogP contribution in [-0.2, 0) is 20.7 Å². The third-order valence-electron chi connectivity index (χ3n) is 4.72. The van der Waals surface area contributed by atoms with Crippen LogP contribution in [0.1, 0.15) is 18.4 Å². The fraction of sp³-hybridized carbons (Fsp3) is 0.471. The molecule has 3 aliphatic rings. The third-order valence-corrected chi connectivity index (χ3v) is 4.72. The van der Waals surface area contributed by atoms with E-state index in [1.165, 1.54) is 5.56 Å². The third kappa shape index (κ3) is 1.77. The Morgan fingerprint density at radius 3 is 2.95 bits per heavy atom. The van der Waals surface area contributed by atoms with E-state index in [4.69, 9.17) is 9.47 Å². The maximum absolute atomic E-state index is 12.2. The molecule has 0 N–H and O–H groups in total. The molecule has 1 saturated heterocycles. The molecule has 1 aliphatic carbocycles. The molecule has 2 heterocycles. The molecule has 104 valence electrons. The molecular weight excluding hydrogens is 252 g/mol. The predicted molar refractivity (Wildman–Crippen MR) is 74.4 cm³/mol. The van der Waals surface area contributed by atoms with Gasteiger partial charge in [0.15, 0.2) is 11.4 Å². The maximum atomic E-state index is 12.2. The van der Waals surface area contributed by atoms with Gasteiger partial charge in [-0.25, -0.2) is 0 Å². The summed E-state index contributed by atoms with van der Waals surface area (Å²) in [4.78, 5) is 12.2. The first-order valence-corrected chi connectivity index (χ1v) is 7.34. The van der Waals surface area contributed by atoms with Gasteiger partial charge in [0.1, 0.15) is 6.10 Å². The van der Waals surface area contributed by atoms with Gasteiger partial charge in [-0.15, -0.1) is 0 Å². The number of ether oxygens (including phenoxy) is 2. The zero-order valence-corrected chi connectivity index (χ0v) is 11.3. The molecule has 1 saturated carbocycles. The lowest BCUT2D eigenvalue weighted by Crippen LogP contribution is -2.54. The van der Waals surface area contributed by atoms with E-state index < -0.39 is 5.60 Å². The highest BCUT2D eigenvalue weighted by molar-refractivity contribution is 5.92. The van der Waals surface area contributed by atoms with E-state index in [1.807, 2.05) is 30.4 Å². The molecule has 3 heteroatoms. The van der Waals surface area contributed by atoms with E-state index in [-0.39, 0.29) is 18.0 Å². The molecule has 0 amide bonds. The average Bonchev–Trinajstić information content (AvgIpc) is 2.77. The molecule has 2 fully saturated rings. The Balaban J connectivity index is 1.58. The van der Waals surface area contributed by atoms with Gasteiger partial charge in [-0.1, -0.05) is 36.4 Å². The summed E-state index contributed by atoms with van der Waals surface area (Å²) < 4.78 is 12.0. The zero-order valence-electron chi connectivity index (χ0n) is 11.3. The minimum atomic E-state index is -0.768. The number of benzene rings is 1. The highest BCUT2D eigenvalue weighted by Gasteiger charge is 2.58. The van der Waals surface area contributed by atoms with E-state index >= 15 is 0 Å². The van der Waals surface area contributed by atoms with Crippen LogP contribution in [0.15, 0.2) is 42.5 Å². The Hall–Kier alpha value is -1.45. The van der Waals surface area contributed by atoms with Crippen molar-refractivity contribution >= 4 is 5.78 Å². The summed E-state index contributed by atoms with van der Waals surface area (Å²) in [5.41, 5.74) is 0.490. The van der Waals surface area contributed by atoms with Crippen LogP contribution in [0.25, 0.3) is 0 Å². The first-order valence-electron chi connectivity index (χ1n) is 7.34. The van der Waals surface area contributed by atoms with E-state index in [9.17, 15) is 4.79 Å². The monoisotopic (exact) mass is 270 g/mol. The average molecular weight is 270 g/mol. The minimum Gasteiger partial charge on any atom is -0.366 e. The Morgan fingerprint density at radius 2 is 2.10 bits per heavy atom. The summed E-state index contributed by atoms with van der Waals surface area (Å²) in [6.45, 7) is 0.652. The van der Waals surface area contributed by atoms with Gasteiger partial charge in [0.05, 0.1) is 12.7 Å². The number of hydrogen-bond acceptors (Lipinski definition) is 3. The topological polar surface area (TPSA) is 35.5 Å². The maximum Gasteiger partial charge on any atom is 0.171 e. The molecule has 4 atom stereocenters. The minimum absolute atomic E-state index is 0.0469. The van der Waals surface area contributed by atoms with Crippen LogP contribution in [0.2, 0.25) is 0 Å². The SMILES string of the molecule is O=C1CC[C@@H]2CO[C@]13C=C[C@@H](Cc1ccccc1)O[C@@H]23. The molecule has 20 heavy (non-hydrogen) atoms. The first kappa shape index (κ1) is 12.3.